The molecule has 1 aromatic rings. The largest absolute Gasteiger partial charge is 0.356 e. The number of anilines is 1. The molecule has 0 N–H and O–H groups in total. The highest BCUT2D eigenvalue weighted by Gasteiger charge is 2.23. The van der Waals surface area contributed by atoms with E-state index in [2.05, 4.69) is 30.8 Å². The third-order valence-electron chi connectivity index (χ3n) is 3.02. The van der Waals surface area contributed by atoms with Crippen molar-refractivity contribution >= 4 is 27.5 Å². The van der Waals surface area contributed by atoms with E-state index in [1.807, 2.05) is 0 Å². The number of carbonyl (C=O) groups excluding carboxylic acids is 1. The third kappa shape index (κ3) is 2.40. The van der Waals surface area contributed by atoms with Crippen LogP contribution in [0.15, 0.2) is 17.0 Å². The summed E-state index contributed by atoms with van der Waals surface area (Å²) < 4.78 is 0.913. The van der Waals surface area contributed by atoms with Crippen molar-refractivity contribution in [3.8, 4) is 0 Å². The topological polar surface area (TPSA) is 46.1 Å². The first-order valence-corrected chi connectivity index (χ1v) is 6.18. The molecule has 1 saturated heterocycles. The minimum atomic E-state index is 0.233. The van der Waals surface area contributed by atoms with Crippen LogP contribution in [0, 0.1) is 5.92 Å². The van der Waals surface area contributed by atoms with Crippen LogP contribution in [0.5, 0.6) is 0 Å². The summed E-state index contributed by atoms with van der Waals surface area (Å²) in [7, 11) is 0. The van der Waals surface area contributed by atoms with Gasteiger partial charge in [0.1, 0.15) is 17.9 Å². The molecule has 4 nitrogen and oxygen atoms in total. The summed E-state index contributed by atoms with van der Waals surface area (Å²) in [6.07, 6.45) is 5.15. The maximum absolute atomic E-state index is 11.3. The van der Waals surface area contributed by atoms with Gasteiger partial charge in [-0.1, -0.05) is 0 Å². The lowest BCUT2D eigenvalue weighted by Gasteiger charge is -2.32. The Hall–Kier alpha value is -0.970. The molecule has 86 valence electrons. The lowest BCUT2D eigenvalue weighted by atomic mass is 9.93. The number of rotatable bonds is 2. The summed E-state index contributed by atoms with van der Waals surface area (Å²) in [4.78, 5) is 21.7. The van der Waals surface area contributed by atoms with Gasteiger partial charge in [-0.05, 0) is 35.7 Å². The van der Waals surface area contributed by atoms with E-state index in [1.54, 1.807) is 19.4 Å². The molecular formula is C11H14BrN3O. The molecule has 0 bridgehead atoms. The Morgan fingerprint density at radius 1 is 1.50 bits per heavy atom. The molecule has 2 rings (SSSR count). The molecule has 0 spiro atoms. The van der Waals surface area contributed by atoms with Crippen molar-refractivity contribution < 1.29 is 4.79 Å². The van der Waals surface area contributed by atoms with Crippen molar-refractivity contribution in [3.05, 3.63) is 17.0 Å². The van der Waals surface area contributed by atoms with Gasteiger partial charge in [-0.2, -0.15) is 0 Å². The van der Waals surface area contributed by atoms with E-state index >= 15 is 0 Å². The van der Waals surface area contributed by atoms with Gasteiger partial charge in [-0.3, -0.25) is 4.79 Å². The van der Waals surface area contributed by atoms with Crippen LogP contribution in [-0.2, 0) is 4.79 Å². The number of piperidine rings is 1. The van der Waals surface area contributed by atoms with Gasteiger partial charge in [0.25, 0.3) is 0 Å². The number of aromatic nitrogens is 2. The van der Waals surface area contributed by atoms with Crippen LogP contribution < -0.4 is 4.90 Å². The van der Waals surface area contributed by atoms with Crippen LogP contribution in [0.25, 0.3) is 0 Å². The Morgan fingerprint density at radius 3 is 2.75 bits per heavy atom. The van der Waals surface area contributed by atoms with E-state index in [0.29, 0.717) is 5.78 Å². The second kappa shape index (κ2) is 4.91. The molecule has 2 heterocycles. The molecule has 0 radical (unpaired) electrons. The van der Waals surface area contributed by atoms with Gasteiger partial charge >= 0.3 is 0 Å². The monoisotopic (exact) mass is 283 g/mol. The molecule has 0 aromatic carbocycles. The minimum Gasteiger partial charge on any atom is -0.356 e. The summed E-state index contributed by atoms with van der Waals surface area (Å²) in [6.45, 7) is 3.46. The van der Waals surface area contributed by atoms with E-state index in [1.165, 1.54) is 0 Å². The Morgan fingerprint density at radius 2 is 2.19 bits per heavy atom. The Labute approximate surface area is 103 Å². The third-order valence-corrected chi connectivity index (χ3v) is 3.58. The van der Waals surface area contributed by atoms with Gasteiger partial charge in [0.15, 0.2) is 0 Å². The molecular weight excluding hydrogens is 270 g/mol. The fraction of sp³-hybridized carbons (Fsp3) is 0.545. The number of hydrogen-bond acceptors (Lipinski definition) is 4. The van der Waals surface area contributed by atoms with Gasteiger partial charge in [-0.15, -0.1) is 0 Å². The first-order chi connectivity index (χ1) is 7.68. The highest BCUT2D eigenvalue weighted by atomic mass is 79.9. The average molecular weight is 284 g/mol. The SMILES string of the molecule is CC(=O)C1CCN(c2ncncc2Br)CC1. The van der Waals surface area contributed by atoms with Gasteiger partial charge in [0.05, 0.1) is 4.47 Å². The normalized spacial score (nSPS) is 17.5. The molecule has 1 aliphatic heterocycles. The van der Waals surface area contributed by atoms with Crippen LogP contribution in [-0.4, -0.2) is 28.8 Å². The minimum absolute atomic E-state index is 0.233. The van der Waals surface area contributed by atoms with Crippen LogP contribution >= 0.6 is 15.9 Å². The van der Waals surface area contributed by atoms with Crippen molar-refractivity contribution in [3.63, 3.8) is 0 Å². The number of halogens is 1. The standard InChI is InChI=1S/C11H14BrN3O/c1-8(16)9-2-4-15(5-3-9)11-10(12)6-13-7-14-11/h6-7,9H,2-5H2,1H3. The highest BCUT2D eigenvalue weighted by molar-refractivity contribution is 9.10. The zero-order valence-electron chi connectivity index (χ0n) is 9.19. The first kappa shape index (κ1) is 11.5. The van der Waals surface area contributed by atoms with Crippen LogP contribution in [0.2, 0.25) is 0 Å². The lowest BCUT2D eigenvalue weighted by Crippen LogP contribution is -2.36. The quantitative estimate of drug-likeness (QED) is 0.833. The van der Waals surface area contributed by atoms with Crippen LogP contribution in [0.1, 0.15) is 19.8 Å². The Kier molecular flexibility index (Phi) is 3.53. The summed E-state index contributed by atoms with van der Waals surface area (Å²) in [5, 5.41) is 0. The summed E-state index contributed by atoms with van der Waals surface area (Å²) in [5.74, 6) is 1.47. The number of carbonyl (C=O) groups is 1. The maximum Gasteiger partial charge on any atom is 0.146 e. The summed E-state index contributed by atoms with van der Waals surface area (Å²) >= 11 is 3.44. The molecule has 1 aliphatic rings. The summed E-state index contributed by atoms with van der Waals surface area (Å²) in [6, 6.07) is 0. The average Bonchev–Trinajstić information content (AvgIpc) is 2.30. The zero-order valence-corrected chi connectivity index (χ0v) is 10.8. The summed E-state index contributed by atoms with van der Waals surface area (Å²) in [5.41, 5.74) is 0. The molecule has 1 fully saturated rings. The number of Topliss-reactive ketones (excluding diaryl/α,β-unsaturated/α-hetero) is 1. The predicted octanol–water partition coefficient (Wildman–Crippen LogP) is 2.04. The number of hydrogen-bond donors (Lipinski definition) is 0. The van der Waals surface area contributed by atoms with Crippen LogP contribution in [0.3, 0.4) is 0 Å². The van der Waals surface area contributed by atoms with Crippen molar-refractivity contribution in [2.24, 2.45) is 5.92 Å². The van der Waals surface area contributed by atoms with Crippen molar-refractivity contribution in [2.45, 2.75) is 19.8 Å². The molecule has 16 heavy (non-hydrogen) atoms. The van der Waals surface area contributed by atoms with Crippen LogP contribution in [0.4, 0.5) is 5.82 Å². The van der Waals surface area contributed by atoms with E-state index in [0.717, 1.165) is 36.2 Å². The van der Waals surface area contributed by atoms with Crippen molar-refractivity contribution in [1.82, 2.24) is 9.97 Å². The van der Waals surface area contributed by atoms with Crippen molar-refractivity contribution in [2.75, 3.05) is 18.0 Å². The highest BCUT2D eigenvalue weighted by Crippen LogP contribution is 2.27. The predicted molar refractivity (Wildman–Crippen MR) is 65.4 cm³/mol. The Bertz CT molecular complexity index is 389. The van der Waals surface area contributed by atoms with Gasteiger partial charge in [0.2, 0.25) is 0 Å². The molecule has 0 unspecified atom stereocenters. The van der Waals surface area contributed by atoms with Gasteiger partial charge in [-0.25, -0.2) is 9.97 Å². The Balaban J connectivity index is 2.05. The lowest BCUT2D eigenvalue weighted by molar-refractivity contribution is -0.121. The fourth-order valence-corrected chi connectivity index (χ4v) is 2.51. The smallest absolute Gasteiger partial charge is 0.146 e. The molecule has 0 saturated carbocycles. The zero-order chi connectivity index (χ0) is 11.5. The second-order valence-electron chi connectivity index (χ2n) is 4.07. The molecule has 0 atom stereocenters. The fourth-order valence-electron chi connectivity index (χ4n) is 2.04. The second-order valence-corrected chi connectivity index (χ2v) is 4.92. The molecule has 5 heteroatoms. The van der Waals surface area contributed by atoms with E-state index < -0.39 is 0 Å². The van der Waals surface area contributed by atoms with Gasteiger partial charge < -0.3 is 4.90 Å². The van der Waals surface area contributed by atoms with Gasteiger partial charge in [0, 0.05) is 25.2 Å². The van der Waals surface area contributed by atoms with Crippen molar-refractivity contribution in [1.29, 1.82) is 0 Å². The first-order valence-electron chi connectivity index (χ1n) is 5.39. The molecule has 0 amide bonds. The molecule has 1 aromatic heterocycles. The maximum atomic E-state index is 11.3. The number of nitrogens with zero attached hydrogens (tertiary/aromatic N) is 3. The molecule has 0 aliphatic carbocycles. The number of ketones is 1. The van der Waals surface area contributed by atoms with E-state index in [-0.39, 0.29) is 5.92 Å². The van der Waals surface area contributed by atoms with E-state index in [4.69, 9.17) is 0 Å². The van der Waals surface area contributed by atoms with E-state index in [9.17, 15) is 4.79 Å².